The third-order valence-electron chi connectivity index (χ3n) is 6.31. The van der Waals surface area contributed by atoms with Gasteiger partial charge in [0.2, 0.25) is 7.37 Å². The van der Waals surface area contributed by atoms with Crippen LogP contribution in [0.2, 0.25) is 0 Å². The summed E-state index contributed by atoms with van der Waals surface area (Å²) in [6, 6.07) is 9.12. The Morgan fingerprint density at radius 3 is 2.59 bits per heavy atom. The quantitative estimate of drug-likeness (QED) is 0.445. The average molecular weight is 468 g/mol. The van der Waals surface area contributed by atoms with Crippen LogP contribution in [0.4, 0.5) is 0 Å². The molecule has 0 amide bonds. The van der Waals surface area contributed by atoms with Crippen LogP contribution in [0.25, 0.3) is 0 Å². The fourth-order valence-electron chi connectivity index (χ4n) is 4.94. The molecule has 2 unspecified atom stereocenters. The van der Waals surface area contributed by atoms with E-state index in [0.717, 1.165) is 19.3 Å². The molecule has 0 aliphatic carbocycles. The Bertz CT molecular complexity index is 838. The first kappa shape index (κ1) is 23.9. The predicted octanol–water partition coefficient (Wildman–Crippen LogP) is 3.37. The van der Waals surface area contributed by atoms with Crippen molar-refractivity contribution in [2.75, 3.05) is 13.7 Å². The number of benzene rings is 1. The summed E-state index contributed by atoms with van der Waals surface area (Å²) in [6.45, 7) is 5.58. The summed E-state index contributed by atoms with van der Waals surface area (Å²) in [4.78, 5) is 12.0. The number of fused-ring (bicyclic) bond motifs is 1. The lowest BCUT2D eigenvalue weighted by Crippen LogP contribution is -2.46. The van der Waals surface area contributed by atoms with Crippen molar-refractivity contribution in [1.29, 1.82) is 0 Å². The number of esters is 1. The third kappa shape index (κ3) is 4.81. The molecule has 0 saturated carbocycles. The number of carbonyl (C=O) groups is 1. The maximum Gasteiger partial charge on any atom is 0.303 e. The highest BCUT2D eigenvalue weighted by Crippen LogP contribution is 2.57. The van der Waals surface area contributed by atoms with Crippen LogP contribution in [0.15, 0.2) is 30.3 Å². The third-order valence-corrected chi connectivity index (χ3v) is 9.25. The van der Waals surface area contributed by atoms with Gasteiger partial charge in [-0.05, 0) is 51.7 Å². The normalized spacial score (nSPS) is 34.4. The fraction of sp³-hybridized carbons (Fsp3) is 0.696. The van der Waals surface area contributed by atoms with Crippen LogP contribution in [0.1, 0.15) is 46.5 Å². The molecule has 4 rings (SSSR count). The molecule has 178 valence electrons. The molecule has 3 saturated heterocycles. The van der Waals surface area contributed by atoms with Crippen LogP contribution in [-0.4, -0.2) is 61.8 Å². The van der Waals surface area contributed by atoms with Crippen molar-refractivity contribution in [2.24, 2.45) is 0 Å². The molecule has 0 spiro atoms. The van der Waals surface area contributed by atoms with E-state index in [9.17, 15) is 9.36 Å². The van der Waals surface area contributed by atoms with Gasteiger partial charge in [-0.25, -0.2) is 0 Å². The minimum atomic E-state index is -3.44. The highest BCUT2D eigenvalue weighted by Gasteiger charge is 2.61. The average Bonchev–Trinajstić information content (AvgIpc) is 3.24. The fourth-order valence-corrected chi connectivity index (χ4v) is 7.53. The summed E-state index contributed by atoms with van der Waals surface area (Å²) in [7, 11) is -1.98. The van der Waals surface area contributed by atoms with Gasteiger partial charge < -0.3 is 28.2 Å². The number of ether oxygens (including phenoxy) is 5. The summed E-state index contributed by atoms with van der Waals surface area (Å²) in [5.74, 6) is -1.33. The Hall–Kier alpha value is -1.28. The molecule has 3 fully saturated rings. The van der Waals surface area contributed by atoms with Gasteiger partial charge >= 0.3 is 5.97 Å². The topological polar surface area (TPSA) is 89.5 Å². The molecule has 7 atom stereocenters. The molecule has 1 aromatic rings. The van der Waals surface area contributed by atoms with Crippen molar-refractivity contribution in [1.82, 2.24) is 0 Å². The van der Waals surface area contributed by atoms with Crippen LogP contribution in [0, 0.1) is 0 Å². The maximum atomic E-state index is 14.4. The molecule has 3 aliphatic rings. The van der Waals surface area contributed by atoms with Crippen LogP contribution < -0.4 is 5.30 Å². The summed E-state index contributed by atoms with van der Waals surface area (Å²) >= 11 is 0. The molecule has 0 aromatic heterocycles. The summed E-state index contributed by atoms with van der Waals surface area (Å²) in [6.07, 6.45) is 0.439. The lowest BCUT2D eigenvalue weighted by molar-refractivity contribution is -0.219. The van der Waals surface area contributed by atoms with Crippen molar-refractivity contribution in [3.63, 3.8) is 0 Å². The van der Waals surface area contributed by atoms with E-state index in [1.54, 1.807) is 26.0 Å². The zero-order valence-electron chi connectivity index (χ0n) is 19.1. The molecule has 0 bridgehead atoms. The van der Waals surface area contributed by atoms with Crippen LogP contribution in [-0.2, 0) is 37.6 Å². The van der Waals surface area contributed by atoms with E-state index >= 15 is 0 Å². The monoisotopic (exact) mass is 468 g/mol. The molecular formula is C23H33O8P. The van der Waals surface area contributed by atoms with Gasteiger partial charge in [-0.3, -0.25) is 9.36 Å². The Morgan fingerprint density at radius 1 is 1.22 bits per heavy atom. The van der Waals surface area contributed by atoms with E-state index in [1.807, 2.05) is 18.2 Å². The standard InChI is InChI=1S/C23H33O8P/c1-15(24)28-20-19(29-22-21(20)30-23(2,3)31-22)18(14-16-10-8-9-13-27-16)32(25,26-4)17-11-6-5-7-12-17/h5-7,11-12,16,18-22H,8-10,13-14H2,1-4H3/t16?,18-,19+,20-,21+,22+,32?/m0/s1. The zero-order chi connectivity index (χ0) is 22.9. The second-order valence-electron chi connectivity index (χ2n) is 9.05. The largest absolute Gasteiger partial charge is 0.457 e. The second-order valence-corrected chi connectivity index (χ2v) is 11.8. The summed E-state index contributed by atoms with van der Waals surface area (Å²) < 4.78 is 50.1. The Balaban J connectivity index is 1.71. The lowest BCUT2D eigenvalue weighted by Gasteiger charge is -2.37. The van der Waals surface area contributed by atoms with E-state index in [1.165, 1.54) is 14.0 Å². The number of carbonyl (C=O) groups excluding carboxylic acids is 1. The molecule has 0 radical (unpaired) electrons. The summed E-state index contributed by atoms with van der Waals surface area (Å²) in [5, 5.41) is 0.590. The number of hydrogen-bond acceptors (Lipinski definition) is 8. The Kier molecular flexibility index (Phi) is 7.11. The van der Waals surface area contributed by atoms with E-state index in [0.29, 0.717) is 18.3 Å². The van der Waals surface area contributed by atoms with Crippen molar-refractivity contribution in [2.45, 2.75) is 88.6 Å². The molecule has 1 aromatic carbocycles. The van der Waals surface area contributed by atoms with Crippen molar-refractivity contribution in [3.05, 3.63) is 30.3 Å². The predicted molar refractivity (Wildman–Crippen MR) is 117 cm³/mol. The number of hydrogen-bond donors (Lipinski definition) is 0. The van der Waals surface area contributed by atoms with Gasteiger partial charge in [-0.2, -0.15) is 0 Å². The molecule has 8 nitrogen and oxygen atoms in total. The van der Waals surface area contributed by atoms with E-state index in [-0.39, 0.29) is 6.10 Å². The van der Waals surface area contributed by atoms with Crippen LogP contribution in [0.5, 0.6) is 0 Å². The van der Waals surface area contributed by atoms with Crippen molar-refractivity contribution in [3.8, 4) is 0 Å². The molecular weight excluding hydrogens is 435 g/mol. The summed E-state index contributed by atoms with van der Waals surface area (Å²) in [5.41, 5.74) is -0.608. The van der Waals surface area contributed by atoms with Crippen LogP contribution >= 0.6 is 7.37 Å². The molecule has 0 N–H and O–H groups in total. The van der Waals surface area contributed by atoms with Crippen LogP contribution in [0.3, 0.4) is 0 Å². The highest BCUT2D eigenvalue weighted by atomic mass is 31.2. The van der Waals surface area contributed by atoms with Gasteiger partial charge in [-0.1, -0.05) is 18.2 Å². The smallest absolute Gasteiger partial charge is 0.303 e. The van der Waals surface area contributed by atoms with Gasteiger partial charge in [0, 0.05) is 25.9 Å². The molecule has 32 heavy (non-hydrogen) atoms. The lowest BCUT2D eigenvalue weighted by atomic mass is 9.99. The first-order valence-electron chi connectivity index (χ1n) is 11.2. The van der Waals surface area contributed by atoms with E-state index in [4.69, 9.17) is 28.2 Å². The van der Waals surface area contributed by atoms with Gasteiger partial charge in [0.1, 0.15) is 6.10 Å². The Morgan fingerprint density at radius 2 is 1.97 bits per heavy atom. The van der Waals surface area contributed by atoms with Gasteiger partial charge in [0.15, 0.2) is 24.3 Å². The first-order chi connectivity index (χ1) is 15.2. The first-order valence-corrected chi connectivity index (χ1v) is 12.9. The van der Waals surface area contributed by atoms with Gasteiger partial charge in [0.05, 0.1) is 11.8 Å². The minimum absolute atomic E-state index is 0.0822. The zero-order valence-corrected chi connectivity index (χ0v) is 20.0. The minimum Gasteiger partial charge on any atom is -0.457 e. The molecule has 3 heterocycles. The molecule has 3 aliphatic heterocycles. The van der Waals surface area contributed by atoms with Crippen molar-refractivity contribution < 1.29 is 37.6 Å². The van der Waals surface area contributed by atoms with Crippen molar-refractivity contribution >= 4 is 18.6 Å². The van der Waals surface area contributed by atoms with Gasteiger partial charge in [-0.15, -0.1) is 0 Å². The van der Waals surface area contributed by atoms with Gasteiger partial charge in [0.25, 0.3) is 0 Å². The Labute approximate surface area is 189 Å². The highest BCUT2D eigenvalue weighted by molar-refractivity contribution is 7.67. The second kappa shape index (κ2) is 9.53. The van der Waals surface area contributed by atoms with E-state index < -0.39 is 49.4 Å². The number of rotatable bonds is 7. The van der Waals surface area contributed by atoms with E-state index in [2.05, 4.69) is 0 Å². The maximum absolute atomic E-state index is 14.4. The SMILES string of the molecule is COP(=O)(c1ccccc1)[C@@H](CC1CCCCO1)[C@H]1O[C@@H]2OC(C)(C)O[C@@H]2[C@H]1OC(C)=O. The molecule has 9 heteroatoms.